The number of aryl methyl sites for hydroxylation is 1. The van der Waals surface area contributed by atoms with E-state index in [4.69, 9.17) is 15.5 Å². The van der Waals surface area contributed by atoms with Gasteiger partial charge < -0.3 is 14.9 Å². The molecule has 0 saturated carbocycles. The van der Waals surface area contributed by atoms with Crippen LogP contribution in [0.4, 0.5) is 0 Å². The summed E-state index contributed by atoms with van der Waals surface area (Å²) in [6.07, 6.45) is 2.84. The number of fused-ring (bicyclic) bond motifs is 1. The Balaban J connectivity index is 2.20. The zero-order valence-corrected chi connectivity index (χ0v) is 14.2. The van der Waals surface area contributed by atoms with Crippen molar-refractivity contribution < 1.29 is 4.74 Å². The summed E-state index contributed by atoms with van der Waals surface area (Å²) in [5.41, 5.74) is 11.1. The smallest absolute Gasteiger partial charge is 0.137 e. The summed E-state index contributed by atoms with van der Waals surface area (Å²) >= 11 is 3.59. The van der Waals surface area contributed by atoms with Crippen molar-refractivity contribution in [1.82, 2.24) is 9.38 Å². The number of ether oxygens (including phenoxy) is 1. The number of hydrogen-bond acceptors (Lipinski definition) is 3. The SMILES string of the molecule is COc1ccc(-c2nc3cc(C)c(Br)cn3c2CCN)cc1. The van der Waals surface area contributed by atoms with Crippen LogP contribution in [0.1, 0.15) is 11.3 Å². The molecule has 3 aromatic rings. The molecule has 4 nitrogen and oxygen atoms in total. The van der Waals surface area contributed by atoms with E-state index < -0.39 is 0 Å². The Morgan fingerprint density at radius 1 is 1.27 bits per heavy atom. The molecule has 114 valence electrons. The molecule has 0 aliphatic heterocycles. The third-order valence-corrected chi connectivity index (χ3v) is 4.58. The summed E-state index contributed by atoms with van der Waals surface area (Å²) < 4.78 is 8.40. The molecule has 0 atom stereocenters. The van der Waals surface area contributed by atoms with Crippen LogP contribution in [0, 0.1) is 6.92 Å². The fourth-order valence-electron chi connectivity index (χ4n) is 2.56. The number of nitrogens with zero attached hydrogens (tertiary/aromatic N) is 2. The topological polar surface area (TPSA) is 52.5 Å². The largest absolute Gasteiger partial charge is 0.497 e. The first kappa shape index (κ1) is 15.1. The number of methoxy groups -OCH3 is 1. The highest BCUT2D eigenvalue weighted by Gasteiger charge is 2.14. The van der Waals surface area contributed by atoms with Gasteiger partial charge >= 0.3 is 0 Å². The first-order valence-electron chi connectivity index (χ1n) is 7.15. The maximum Gasteiger partial charge on any atom is 0.137 e. The Hall–Kier alpha value is -1.85. The second-order valence-electron chi connectivity index (χ2n) is 5.21. The molecule has 2 heterocycles. The molecule has 3 rings (SSSR count). The van der Waals surface area contributed by atoms with Gasteiger partial charge in [-0.15, -0.1) is 0 Å². The second-order valence-corrected chi connectivity index (χ2v) is 6.06. The van der Waals surface area contributed by atoms with Gasteiger partial charge in [0.1, 0.15) is 11.4 Å². The zero-order chi connectivity index (χ0) is 15.7. The van der Waals surface area contributed by atoms with Crippen LogP contribution in [0.25, 0.3) is 16.9 Å². The normalized spacial score (nSPS) is 11.1. The average Bonchev–Trinajstić information content (AvgIpc) is 2.86. The Bertz CT molecular complexity index is 809. The molecule has 0 aliphatic rings. The fraction of sp³-hybridized carbons (Fsp3) is 0.235. The van der Waals surface area contributed by atoms with Gasteiger partial charge in [-0.05, 0) is 65.3 Å². The molecule has 0 bridgehead atoms. The molecule has 0 spiro atoms. The lowest BCUT2D eigenvalue weighted by Crippen LogP contribution is -2.06. The van der Waals surface area contributed by atoms with Gasteiger partial charge in [-0.25, -0.2) is 4.98 Å². The summed E-state index contributed by atoms with van der Waals surface area (Å²) in [6, 6.07) is 10.0. The number of rotatable bonds is 4. The minimum absolute atomic E-state index is 0.586. The molecule has 0 fully saturated rings. The lowest BCUT2D eigenvalue weighted by molar-refractivity contribution is 0.415. The van der Waals surface area contributed by atoms with Crippen molar-refractivity contribution in [3.8, 4) is 17.0 Å². The molecule has 0 unspecified atom stereocenters. The van der Waals surface area contributed by atoms with Gasteiger partial charge in [-0.1, -0.05) is 0 Å². The quantitative estimate of drug-likeness (QED) is 0.774. The number of imidazole rings is 1. The van der Waals surface area contributed by atoms with E-state index in [1.807, 2.05) is 24.3 Å². The van der Waals surface area contributed by atoms with Crippen molar-refractivity contribution in [1.29, 1.82) is 0 Å². The van der Waals surface area contributed by atoms with E-state index in [9.17, 15) is 0 Å². The molecule has 0 amide bonds. The first-order valence-corrected chi connectivity index (χ1v) is 7.95. The lowest BCUT2D eigenvalue weighted by Gasteiger charge is -2.06. The maximum absolute atomic E-state index is 5.80. The van der Waals surface area contributed by atoms with Gasteiger partial charge in [0.15, 0.2) is 0 Å². The molecular formula is C17H18BrN3O. The van der Waals surface area contributed by atoms with Crippen molar-refractivity contribution in [3.05, 3.63) is 52.3 Å². The highest BCUT2D eigenvalue weighted by Crippen LogP contribution is 2.28. The van der Waals surface area contributed by atoms with Crippen LogP contribution in [0.5, 0.6) is 5.75 Å². The lowest BCUT2D eigenvalue weighted by atomic mass is 10.1. The number of nitrogens with two attached hydrogens (primary N) is 1. The minimum atomic E-state index is 0.586. The van der Waals surface area contributed by atoms with Crippen molar-refractivity contribution in [2.45, 2.75) is 13.3 Å². The van der Waals surface area contributed by atoms with Crippen molar-refractivity contribution >= 4 is 21.6 Å². The van der Waals surface area contributed by atoms with Crippen LogP contribution < -0.4 is 10.5 Å². The van der Waals surface area contributed by atoms with Gasteiger partial charge in [0.2, 0.25) is 0 Å². The molecule has 2 aromatic heterocycles. The van der Waals surface area contributed by atoms with E-state index in [1.54, 1.807) is 7.11 Å². The molecular weight excluding hydrogens is 342 g/mol. The molecule has 0 aliphatic carbocycles. The van der Waals surface area contributed by atoms with E-state index in [-0.39, 0.29) is 0 Å². The van der Waals surface area contributed by atoms with Crippen molar-refractivity contribution in [2.24, 2.45) is 5.73 Å². The monoisotopic (exact) mass is 359 g/mol. The van der Waals surface area contributed by atoms with Crippen molar-refractivity contribution in [2.75, 3.05) is 13.7 Å². The highest BCUT2D eigenvalue weighted by molar-refractivity contribution is 9.10. The molecule has 0 radical (unpaired) electrons. The van der Waals surface area contributed by atoms with Gasteiger partial charge in [0, 0.05) is 22.7 Å². The van der Waals surface area contributed by atoms with Gasteiger partial charge in [-0.2, -0.15) is 0 Å². The standard InChI is InChI=1S/C17H18BrN3O/c1-11-9-16-20-17(12-3-5-13(22-2)6-4-12)15(7-8-19)21(16)10-14(11)18/h3-6,9-10H,7-8,19H2,1-2H3. The summed E-state index contributed by atoms with van der Waals surface area (Å²) in [5.74, 6) is 0.839. The van der Waals surface area contributed by atoms with E-state index in [1.165, 1.54) is 0 Å². The Morgan fingerprint density at radius 3 is 2.64 bits per heavy atom. The first-order chi connectivity index (χ1) is 10.6. The van der Waals surface area contributed by atoms with E-state index in [0.29, 0.717) is 6.54 Å². The molecule has 2 N–H and O–H groups in total. The third kappa shape index (κ3) is 2.62. The fourth-order valence-corrected chi connectivity index (χ4v) is 2.88. The van der Waals surface area contributed by atoms with Crippen LogP contribution in [-0.2, 0) is 6.42 Å². The number of hydrogen-bond donors (Lipinski definition) is 1. The van der Waals surface area contributed by atoms with E-state index in [2.05, 4.69) is 39.5 Å². The number of aromatic nitrogens is 2. The van der Waals surface area contributed by atoms with Crippen molar-refractivity contribution in [3.63, 3.8) is 0 Å². The Morgan fingerprint density at radius 2 is 2.00 bits per heavy atom. The summed E-state index contributed by atoms with van der Waals surface area (Å²) in [4.78, 5) is 4.80. The Kier molecular flexibility index (Phi) is 4.18. The second kappa shape index (κ2) is 6.10. The van der Waals surface area contributed by atoms with Crippen LogP contribution in [-0.4, -0.2) is 23.0 Å². The predicted molar refractivity (Wildman–Crippen MR) is 92.4 cm³/mol. The summed E-state index contributed by atoms with van der Waals surface area (Å²) in [6.45, 7) is 2.65. The summed E-state index contributed by atoms with van der Waals surface area (Å²) in [7, 11) is 1.67. The van der Waals surface area contributed by atoms with Crippen LogP contribution >= 0.6 is 15.9 Å². The van der Waals surface area contributed by atoms with Gasteiger partial charge in [0.05, 0.1) is 18.5 Å². The predicted octanol–water partition coefficient (Wildman–Crippen LogP) is 3.58. The van der Waals surface area contributed by atoms with Crippen LogP contribution in [0.2, 0.25) is 0 Å². The number of benzene rings is 1. The zero-order valence-electron chi connectivity index (χ0n) is 12.6. The number of halogens is 1. The van der Waals surface area contributed by atoms with Crippen LogP contribution in [0.3, 0.4) is 0 Å². The number of pyridine rings is 1. The van der Waals surface area contributed by atoms with E-state index in [0.717, 1.165) is 44.8 Å². The van der Waals surface area contributed by atoms with Gasteiger partial charge in [0.25, 0.3) is 0 Å². The molecule has 0 saturated heterocycles. The van der Waals surface area contributed by atoms with Crippen LogP contribution in [0.15, 0.2) is 41.0 Å². The summed E-state index contributed by atoms with van der Waals surface area (Å²) in [5, 5.41) is 0. The minimum Gasteiger partial charge on any atom is -0.497 e. The average molecular weight is 360 g/mol. The molecule has 5 heteroatoms. The highest BCUT2D eigenvalue weighted by atomic mass is 79.9. The maximum atomic E-state index is 5.80. The molecule has 1 aromatic carbocycles. The van der Waals surface area contributed by atoms with Gasteiger partial charge in [-0.3, -0.25) is 0 Å². The molecule has 22 heavy (non-hydrogen) atoms. The Labute approximate surface area is 138 Å². The van der Waals surface area contributed by atoms with E-state index >= 15 is 0 Å². The third-order valence-electron chi connectivity index (χ3n) is 3.75.